The lowest BCUT2D eigenvalue weighted by Crippen LogP contribution is -2.39. The molecule has 114 valence electrons. The van der Waals surface area contributed by atoms with Crippen LogP contribution < -0.4 is 5.32 Å². The van der Waals surface area contributed by atoms with Crippen LogP contribution in [-0.4, -0.2) is 23.0 Å². The predicted octanol–water partition coefficient (Wildman–Crippen LogP) is 3.13. The summed E-state index contributed by atoms with van der Waals surface area (Å²) in [6.45, 7) is 2.49. The summed E-state index contributed by atoms with van der Waals surface area (Å²) in [5.41, 5.74) is 1.13. The zero-order valence-electron chi connectivity index (χ0n) is 12.6. The van der Waals surface area contributed by atoms with Crippen LogP contribution in [-0.2, 0) is 11.3 Å². The molecule has 2 rings (SSSR count). The number of carbonyl (C=O) groups is 1. The molecule has 0 spiro atoms. The Morgan fingerprint density at radius 3 is 2.64 bits per heavy atom. The Bertz CT molecular complexity index is 677. The number of thiocarbonyl (C=S) groups is 1. The third kappa shape index (κ3) is 4.86. The lowest BCUT2D eigenvalue weighted by molar-refractivity contribution is -0.115. The standard InChI is InChI=1S/C17H18N2O2S/c1-13-8-9-15(21-13)10-11-16(20)18-17(22)19(2)12-14-6-4-3-5-7-14/h3-11H,12H2,1-2H3,(H,18,20,22). The van der Waals surface area contributed by atoms with Crippen LogP contribution in [0.15, 0.2) is 53.0 Å². The number of aryl methyl sites for hydroxylation is 1. The first-order chi connectivity index (χ1) is 10.5. The van der Waals surface area contributed by atoms with Gasteiger partial charge in [0, 0.05) is 19.7 Å². The third-order valence-electron chi connectivity index (χ3n) is 3.00. The van der Waals surface area contributed by atoms with E-state index in [0.29, 0.717) is 17.4 Å². The van der Waals surface area contributed by atoms with Crippen molar-refractivity contribution in [1.82, 2.24) is 10.2 Å². The van der Waals surface area contributed by atoms with E-state index in [0.717, 1.165) is 11.3 Å². The van der Waals surface area contributed by atoms with Gasteiger partial charge in [-0.15, -0.1) is 0 Å². The minimum absolute atomic E-state index is 0.279. The van der Waals surface area contributed by atoms with Gasteiger partial charge < -0.3 is 9.32 Å². The molecule has 5 heteroatoms. The zero-order valence-corrected chi connectivity index (χ0v) is 13.4. The van der Waals surface area contributed by atoms with Crippen molar-refractivity contribution in [3.05, 3.63) is 65.6 Å². The van der Waals surface area contributed by atoms with Crippen molar-refractivity contribution in [3.8, 4) is 0 Å². The number of hydrogen-bond donors (Lipinski definition) is 1. The molecule has 1 N–H and O–H groups in total. The molecule has 0 unspecified atom stereocenters. The van der Waals surface area contributed by atoms with Crippen molar-refractivity contribution in [3.63, 3.8) is 0 Å². The van der Waals surface area contributed by atoms with Gasteiger partial charge in [0.2, 0.25) is 5.91 Å². The maximum absolute atomic E-state index is 11.8. The monoisotopic (exact) mass is 314 g/mol. The van der Waals surface area contributed by atoms with Crippen LogP contribution in [0.1, 0.15) is 17.1 Å². The van der Waals surface area contributed by atoms with Crippen molar-refractivity contribution >= 4 is 29.3 Å². The molecule has 4 nitrogen and oxygen atoms in total. The van der Waals surface area contributed by atoms with E-state index in [1.165, 1.54) is 6.08 Å². The number of rotatable bonds is 4. The molecular formula is C17H18N2O2S. The molecule has 1 aromatic heterocycles. The van der Waals surface area contributed by atoms with Crippen molar-refractivity contribution < 1.29 is 9.21 Å². The molecule has 22 heavy (non-hydrogen) atoms. The summed E-state index contributed by atoms with van der Waals surface area (Å²) in [6.07, 6.45) is 3.02. The van der Waals surface area contributed by atoms with Crippen LogP contribution in [0.2, 0.25) is 0 Å². The number of furan rings is 1. The fourth-order valence-electron chi connectivity index (χ4n) is 1.87. The van der Waals surface area contributed by atoms with Crippen LogP contribution in [0.3, 0.4) is 0 Å². The Morgan fingerprint density at radius 2 is 2.00 bits per heavy atom. The number of amides is 1. The highest BCUT2D eigenvalue weighted by Crippen LogP contribution is 2.07. The Kier molecular flexibility index (Phi) is 5.49. The molecule has 0 fully saturated rings. The first-order valence-corrected chi connectivity index (χ1v) is 7.30. The lowest BCUT2D eigenvalue weighted by atomic mass is 10.2. The molecule has 0 aliphatic heterocycles. The SMILES string of the molecule is Cc1ccc(C=CC(=O)NC(=S)N(C)Cc2ccccc2)o1. The number of nitrogens with zero attached hydrogens (tertiary/aromatic N) is 1. The van der Waals surface area contributed by atoms with Gasteiger partial charge in [-0.2, -0.15) is 0 Å². The predicted molar refractivity (Wildman–Crippen MR) is 91.1 cm³/mol. The number of benzene rings is 1. The molecule has 0 aliphatic rings. The van der Waals surface area contributed by atoms with E-state index in [-0.39, 0.29) is 5.91 Å². The summed E-state index contributed by atoms with van der Waals surface area (Å²) in [5.74, 6) is 1.16. The van der Waals surface area contributed by atoms with E-state index in [9.17, 15) is 4.79 Å². The van der Waals surface area contributed by atoms with Gasteiger partial charge in [0.25, 0.3) is 0 Å². The van der Waals surface area contributed by atoms with E-state index in [2.05, 4.69) is 5.32 Å². The molecule has 1 heterocycles. The van der Waals surface area contributed by atoms with Gasteiger partial charge in [-0.3, -0.25) is 10.1 Å². The van der Waals surface area contributed by atoms with Crippen LogP contribution in [0.5, 0.6) is 0 Å². The highest BCUT2D eigenvalue weighted by Gasteiger charge is 2.07. The van der Waals surface area contributed by atoms with Gasteiger partial charge in [-0.25, -0.2) is 0 Å². The molecule has 0 aliphatic carbocycles. The highest BCUT2D eigenvalue weighted by molar-refractivity contribution is 7.80. The van der Waals surface area contributed by atoms with Crippen LogP contribution in [0.25, 0.3) is 6.08 Å². The first kappa shape index (κ1) is 16.0. The smallest absolute Gasteiger partial charge is 0.250 e. The lowest BCUT2D eigenvalue weighted by Gasteiger charge is -2.19. The second-order valence-corrected chi connectivity index (χ2v) is 5.30. The molecule has 0 saturated carbocycles. The van der Waals surface area contributed by atoms with Crippen molar-refractivity contribution in [2.45, 2.75) is 13.5 Å². The first-order valence-electron chi connectivity index (χ1n) is 6.89. The zero-order chi connectivity index (χ0) is 15.9. The maximum Gasteiger partial charge on any atom is 0.250 e. The normalized spacial score (nSPS) is 10.6. The minimum atomic E-state index is -0.279. The summed E-state index contributed by atoms with van der Waals surface area (Å²) in [4.78, 5) is 13.6. The van der Waals surface area contributed by atoms with Crippen LogP contribution >= 0.6 is 12.2 Å². The largest absolute Gasteiger partial charge is 0.462 e. The number of carbonyl (C=O) groups excluding carboxylic acids is 1. The summed E-state index contributed by atoms with van der Waals surface area (Å²) < 4.78 is 5.36. The van der Waals surface area contributed by atoms with E-state index < -0.39 is 0 Å². The Labute approximate surface area is 135 Å². The van der Waals surface area contributed by atoms with Gasteiger partial charge in [0.05, 0.1) is 0 Å². The molecule has 0 bridgehead atoms. The van der Waals surface area contributed by atoms with E-state index in [1.807, 2.05) is 55.3 Å². The van der Waals surface area contributed by atoms with Crippen molar-refractivity contribution in [2.24, 2.45) is 0 Å². The van der Waals surface area contributed by atoms with Crippen molar-refractivity contribution in [2.75, 3.05) is 7.05 Å². The summed E-state index contributed by atoms with van der Waals surface area (Å²) in [6, 6.07) is 13.6. The van der Waals surface area contributed by atoms with E-state index in [4.69, 9.17) is 16.6 Å². The summed E-state index contributed by atoms with van der Waals surface area (Å²) >= 11 is 5.22. The molecule has 0 radical (unpaired) electrons. The Balaban J connectivity index is 1.85. The summed E-state index contributed by atoms with van der Waals surface area (Å²) in [5, 5.41) is 3.05. The average Bonchev–Trinajstić information content (AvgIpc) is 2.92. The Hall–Kier alpha value is -2.40. The number of hydrogen-bond acceptors (Lipinski definition) is 3. The fraction of sp³-hybridized carbons (Fsp3) is 0.176. The highest BCUT2D eigenvalue weighted by atomic mass is 32.1. The maximum atomic E-state index is 11.8. The van der Waals surface area contributed by atoms with Crippen LogP contribution in [0.4, 0.5) is 0 Å². The molecule has 0 atom stereocenters. The van der Waals surface area contributed by atoms with Crippen molar-refractivity contribution in [1.29, 1.82) is 0 Å². The summed E-state index contributed by atoms with van der Waals surface area (Å²) in [7, 11) is 1.84. The van der Waals surface area contributed by atoms with E-state index >= 15 is 0 Å². The minimum Gasteiger partial charge on any atom is -0.462 e. The van der Waals surface area contributed by atoms with Gasteiger partial charge >= 0.3 is 0 Å². The van der Waals surface area contributed by atoms with Gasteiger partial charge in [0.15, 0.2) is 5.11 Å². The molecule has 1 amide bonds. The quantitative estimate of drug-likeness (QED) is 0.695. The second kappa shape index (κ2) is 7.56. The van der Waals surface area contributed by atoms with Gasteiger partial charge in [-0.1, -0.05) is 30.3 Å². The third-order valence-corrected chi connectivity index (χ3v) is 3.41. The topological polar surface area (TPSA) is 45.5 Å². The average molecular weight is 314 g/mol. The molecule has 1 aromatic carbocycles. The van der Waals surface area contributed by atoms with Crippen LogP contribution in [0, 0.1) is 6.92 Å². The van der Waals surface area contributed by atoms with E-state index in [1.54, 1.807) is 12.1 Å². The van der Waals surface area contributed by atoms with Gasteiger partial charge in [0.1, 0.15) is 11.5 Å². The molecule has 0 saturated heterocycles. The second-order valence-electron chi connectivity index (χ2n) is 4.92. The Morgan fingerprint density at radius 1 is 1.27 bits per heavy atom. The fourth-order valence-corrected chi connectivity index (χ4v) is 2.04. The van der Waals surface area contributed by atoms with Gasteiger partial charge in [-0.05, 0) is 42.9 Å². The molecule has 2 aromatic rings. The molecular weight excluding hydrogens is 296 g/mol. The number of nitrogens with one attached hydrogen (secondary N) is 1.